The molecule has 0 aromatic heterocycles. The van der Waals surface area contributed by atoms with Gasteiger partial charge in [0, 0.05) is 24.4 Å². The van der Waals surface area contributed by atoms with E-state index >= 15 is 0 Å². The van der Waals surface area contributed by atoms with Gasteiger partial charge in [0.25, 0.3) is 5.69 Å². The standard InChI is InChI=1S/C13H14BrN3O2S/c1-3-12(14)16-6-7-20-13(16)15-11-5-4-10(17(18)19)8-9(11)2/h3-5,8,12H,1,6-7H2,2H3. The molecule has 0 spiro atoms. The first-order valence-corrected chi connectivity index (χ1v) is 7.93. The van der Waals surface area contributed by atoms with Crippen LogP contribution in [0.5, 0.6) is 0 Å². The van der Waals surface area contributed by atoms with E-state index in [1.54, 1.807) is 23.9 Å². The molecule has 0 amide bonds. The number of hydrogen-bond donors (Lipinski definition) is 0. The zero-order valence-electron chi connectivity index (χ0n) is 11.0. The Morgan fingerprint density at radius 2 is 2.40 bits per heavy atom. The van der Waals surface area contributed by atoms with E-state index in [0.29, 0.717) is 0 Å². The second-order valence-electron chi connectivity index (χ2n) is 4.27. The lowest BCUT2D eigenvalue weighted by Gasteiger charge is -2.21. The Morgan fingerprint density at radius 1 is 1.65 bits per heavy atom. The van der Waals surface area contributed by atoms with Crippen molar-refractivity contribution in [3.8, 4) is 0 Å². The van der Waals surface area contributed by atoms with Gasteiger partial charge in [-0.2, -0.15) is 0 Å². The predicted octanol–water partition coefficient (Wildman–Crippen LogP) is 3.85. The highest BCUT2D eigenvalue weighted by Crippen LogP contribution is 2.29. The summed E-state index contributed by atoms with van der Waals surface area (Å²) < 4.78 is 0. The Hall–Kier alpha value is -1.34. The second kappa shape index (κ2) is 6.41. The van der Waals surface area contributed by atoms with Crippen LogP contribution in [0.2, 0.25) is 0 Å². The number of nitro groups is 1. The summed E-state index contributed by atoms with van der Waals surface area (Å²) in [6.45, 7) is 6.50. The van der Waals surface area contributed by atoms with Gasteiger partial charge in [0.2, 0.25) is 0 Å². The number of thioether (sulfide) groups is 1. The van der Waals surface area contributed by atoms with Crippen molar-refractivity contribution >= 4 is 44.2 Å². The van der Waals surface area contributed by atoms with Crippen molar-refractivity contribution in [3.05, 3.63) is 46.5 Å². The molecule has 1 fully saturated rings. The largest absolute Gasteiger partial charge is 0.334 e. The van der Waals surface area contributed by atoms with Gasteiger partial charge in [-0.25, -0.2) is 4.99 Å². The van der Waals surface area contributed by atoms with Crippen LogP contribution < -0.4 is 0 Å². The summed E-state index contributed by atoms with van der Waals surface area (Å²) in [7, 11) is 0. The molecule has 0 radical (unpaired) electrons. The molecular weight excluding hydrogens is 342 g/mol. The Bertz CT molecular complexity index is 577. The van der Waals surface area contributed by atoms with Crippen LogP contribution in [0.1, 0.15) is 5.56 Å². The Labute approximate surface area is 130 Å². The number of non-ortho nitro benzene ring substituents is 1. The third-order valence-electron chi connectivity index (χ3n) is 2.91. The number of aryl methyl sites for hydroxylation is 1. The molecule has 1 aromatic carbocycles. The molecule has 0 N–H and O–H groups in total. The molecule has 1 aliphatic heterocycles. The zero-order chi connectivity index (χ0) is 14.7. The highest BCUT2D eigenvalue weighted by atomic mass is 79.9. The first-order valence-electron chi connectivity index (χ1n) is 6.02. The highest BCUT2D eigenvalue weighted by molar-refractivity contribution is 9.09. The van der Waals surface area contributed by atoms with Crippen molar-refractivity contribution in [1.82, 2.24) is 4.90 Å². The summed E-state index contributed by atoms with van der Waals surface area (Å²) in [6.07, 6.45) is 1.81. The van der Waals surface area contributed by atoms with Gasteiger partial charge >= 0.3 is 0 Å². The van der Waals surface area contributed by atoms with Gasteiger partial charge in [0.15, 0.2) is 5.17 Å². The summed E-state index contributed by atoms with van der Waals surface area (Å²) in [4.78, 5) is 17.1. The maximum absolute atomic E-state index is 10.7. The molecule has 1 heterocycles. The van der Waals surface area contributed by atoms with Crippen LogP contribution in [-0.2, 0) is 0 Å². The predicted molar refractivity (Wildman–Crippen MR) is 87.0 cm³/mol. The SMILES string of the molecule is C=CC(Br)N1CCSC1=Nc1ccc([N+](=O)[O-])cc1C. The average molecular weight is 356 g/mol. The van der Waals surface area contributed by atoms with Crippen molar-refractivity contribution in [2.45, 2.75) is 11.9 Å². The van der Waals surface area contributed by atoms with Crippen LogP contribution >= 0.6 is 27.7 Å². The van der Waals surface area contributed by atoms with Crippen molar-refractivity contribution in [2.24, 2.45) is 4.99 Å². The quantitative estimate of drug-likeness (QED) is 0.270. The fraction of sp³-hybridized carbons (Fsp3) is 0.308. The van der Waals surface area contributed by atoms with E-state index in [-0.39, 0.29) is 10.6 Å². The number of nitro benzene ring substituents is 1. The summed E-state index contributed by atoms with van der Waals surface area (Å²) in [5.41, 5.74) is 1.64. The van der Waals surface area contributed by atoms with Crippen molar-refractivity contribution < 1.29 is 4.92 Å². The molecular formula is C13H14BrN3O2S. The summed E-state index contributed by atoms with van der Waals surface area (Å²) in [5, 5.41) is 11.6. The smallest absolute Gasteiger partial charge is 0.269 e. The molecule has 5 nitrogen and oxygen atoms in total. The van der Waals surface area contributed by atoms with E-state index in [9.17, 15) is 10.1 Å². The van der Waals surface area contributed by atoms with E-state index in [1.807, 2.05) is 13.0 Å². The molecule has 0 saturated carbocycles. The molecule has 1 saturated heterocycles. The molecule has 1 aliphatic rings. The lowest BCUT2D eigenvalue weighted by atomic mass is 10.2. The normalized spacial score (nSPS) is 18.3. The van der Waals surface area contributed by atoms with E-state index in [2.05, 4.69) is 32.4 Å². The van der Waals surface area contributed by atoms with Gasteiger partial charge in [-0.3, -0.25) is 10.1 Å². The molecule has 7 heteroatoms. The van der Waals surface area contributed by atoms with Crippen LogP contribution in [0.4, 0.5) is 11.4 Å². The molecule has 20 heavy (non-hydrogen) atoms. The first-order chi connectivity index (χ1) is 9.52. The van der Waals surface area contributed by atoms with E-state index in [4.69, 9.17) is 0 Å². The minimum absolute atomic E-state index is 0.0506. The summed E-state index contributed by atoms with van der Waals surface area (Å²) in [5.74, 6) is 0.973. The maximum atomic E-state index is 10.7. The molecule has 1 aromatic rings. The molecule has 1 unspecified atom stereocenters. The summed E-state index contributed by atoms with van der Waals surface area (Å²) in [6, 6.07) is 4.71. The zero-order valence-corrected chi connectivity index (χ0v) is 13.4. The number of aliphatic imine (C=N–C) groups is 1. The van der Waals surface area contributed by atoms with Gasteiger partial charge < -0.3 is 4.90 Å². The molecule has 2 rings (SSSR count). The van der Waals surface area contributed by atoms with Crippen LogP contribution in [0.15, 0.2) is 35.8 Å². The monoisotopic (exact) mass is 355 g/mol. The van der Waals surface area contributed by atoms with Gasteiger partial charge in [0.05, 0.1) is 10.6 Å². The number of rotatable bonds is 4. The third-order valence-corrected chi connectivity index (χ3v) is 4.75. The summed E-state index contributed by atoms with van der Waals surface area (Å²) >= 11 is 5.20. The third kappa shape index (κ3) is 3.21. The number of alkyl halides is 1. The first kappa shape index (κ1) is 15.1. The number of halogens is 1. The Morgan fingerprint density at radius 3 is 3.00 bits per heavy atom. The van der Waals surface area contributed by atoms with Crippen LogP contribution in [-0.4, -0.2) is 32.2 Å². The number of benzene rings is 1. The molecule has 1 atom stereocenters. The fourth-order valence-corrected chi connectivity index (χ4v) is 3.39. The molecule has 106 valence electrons. The van der Waals surface area contributed by atoms with Gasteiger partial charge in [-0.1, -0.05) is 33.8 Å². The number of hydrogen-bond acceptors (Lipinski definition) is 4. The van der Waals surface area contributed by atoms with Crippen LogP contribution in [0.25, 0.3) is 0 Å². The molecule has 0 bridgehead atoms. The van der Waals surface area contributed by atoms with Gasteiger partial charge in [-0.15, -0.1) is 6.58 Å². The molecule has 0 aliphatic carbocycles. The Kier molecular flexibility index (Phi) is 4.82. The lowest BCUT2D eigenvalue weighted by Crippen LogP contribution is -2.30. The Balaban J connectivity index is 2.30. The van der Waals surface area contributed by atoms with Crippen molar-refractivity contribution in [3.63, 3.8) is 0 Å². The van der Waals surface area contributed by atoms with Crippen molar-refractivity contribution in [1.29, 1.82) is 0 Å². The minimum atomic E-state index is -0.396. The van der Waals surface area contributed by atoms with Crippen molar-refractivity contribution in [2.75, 3.05) is 12.3 Å². The number of amidine groups is 1. The van der Waals surface area contributed by atoms with Crippen LogP contribution in [0.3, 0.4) is 0 Å². The minimum Gasteiger partial charge on any atom is -0.334 e. The second-order valence-corrected chi connectivity index (χ2v) is 6.27. The van der Waals surface area contributed by atoms with E-state index in [1.165, 1.54) is 6.07 Å². The lowest BCUT2D eigenvalue weighted by molar-refractivity contribution is -0.384. The topological polar surface area (TPSA) is 58.7 Å². The van der Waals surface area contributed by atoms with Gasteiger partial charge in [-0.05, 0) is 18.6 Å². The van der Waals surface area contributed by atoms with E-state index in [0.717, 1.165) is 28.7 Å². The average Bonchev–Trinajstić information content (AvgIpc) is 2.88. The number of nitrogens with zero attached hydrogens (tertiary/aromatic N) is 3. The maximum Gasteiger partial charge on any atom is 0.269 e. The van der Waals surface area contributed by atoms with Gasteiger partial charge in [0.1, 0.15) is 4.95 Å². The van der Waals surface area contributed by atoms with Crippen LogP contribution in [0, 0.1) is 17.0 Å². The fourth-order valence-electron chi connectivity index (χ4n) is 1.85. The highest BCUT2D eigenvalue weighted by Gasteiger charge is 2.24. The van der Waals surface area contributed by atoms with E-state index < -0.39 is 4.92 Å².